The Hall–Kier alpha value is -3.19. The molecule has 1 N–H and O–H groups in total. The third kappa shape index (κ3) is 4.99. The summed E-state index contributed by atoms with van der Waals surface area (Å²) in [4.78, 5) is 4.46. The first kappa shape index (κ1) is 25.4. The summed E-state index contributed by atoms with van der Waals surface area (Å²) in [6.07, 6.45) is 4.61. The van der Waals surface area contributed by atoms with Crippen molar-refractivity contribution >= 4 is 17.8 Å². The molecule has 34 heavy (non-hydrogen) atoms. The van der Waals surface area contributed by atoms with Gasteiger partial charge in [-0.25, -0.2) is 0 Å². The van der Waals surface area contributed by atoms with Crippen molar-refractivity contribution in [3.63, 3.8) is 0 Å². The number of fused-ring (bicyclic) bond motifs is 1. The van der Waals surface area contributed by atoms with Crippen LogP contribution in [-0.4, -0.2) is 49.8 Å². The molecule has 0 saturated carbocycles. The van der Waals surface area contributed by atoms with Gasteiger partial charge in [0.1, 0.15) is 0 Å². The van der Waals surface area contributed by atoms with Gasteiger partial charge >= 0.3 is 0 Å². The van der Waals surface area contributed by atoms with E-state index in [2.05, 4.69) is 95.7 Å². The van der Waals surface area contributed by atoms with E-state index in [0.717, 1.165) is 18.7 Å². The summed E-state index contributed by atoms with van der Waals surface area (Å²) < 4.78 is 0. The number of aliphatic hydroxyl groups is 1. The van der Waals surface area contributed by atoms with Crippen molar-refractivity contribution in [1.29, 1.82) is 0 Å². The van der Waals surface area contributed by atoms with E-state index in [4.69, 9.17) is 0 Å². The third-order valence-corrected chi connectivity index (χ3v) is 6.21. The van der Waals surface area contributed by atoms with Gasteiger partial charge in [0, 0.05) is 40.8 Å². The molecular weight excluding hydrogens is 467 g/mol. The molecule has 5 nitrogen and oxygen atoms in total. The fourth-order valence-electron chi connectivity index (χ4n) is 4.60. The molecule has 4 rings (SSSR count). The zero-order chi connectivity index (χ0) is 23.3. The van der Waals surface area contributed by atoms with Crippen molar-refractivity contribution in [3.8, 4) is 0 Å². The summed E-state index contributed by atoms with van der Waals surface area (Å²) >= 11 is 0. The van der Waals surface area contributed by atoms with Gasteiger partial charge in [0.25, 0.3) is 0 Å². The minimum atomic E-state index is -0.311. The predicted octanol–water partition coefficient (Wildman–Crippen LogP) is 5.25. The third-order valence-electron chi connectivity index (χ3n) is 6.21. The first-order valence-corrected chi connectivity index (χ1v) is 11.1. The van der Waals surface area contributed by atoms with Crippen LogP contribution in [0.4, 0.5) is 5.69 Å². The Morgan fingerprint density at radius 1 is 0.941 bits per heavy atom. The molecule has 0 aliphatic carbocycles. The van der Waals surface area contributed by atoms with E-state index in [1.54, 1.807) is 18.3 Å². The van der Waals surface area contributed by atoms with E-state index in [-0.39, 0.29) is 28.1 Å². The summed E-state index contributed by atoms with van der Waals surface area (Å²) in [7, 11) is 6.31. The van der Waals surface area contributed by atoms with Crippen LogP contribution in [0.25, 0.3) is 0 Å². The molecule has 177 valence electrons. The number of nitrogens with zero attached hydrogens (tertiary/aromatic N) is 4. The second kappa shape index (κ2) is 11.3. The van der Waals surface area contributed by atoms with Gasteiger partial charge in [0.15, 0.2) is 0 Å². The predicted molar refractivity (Wildman–Crippen MR) is 137 cm³/mol. The van der Waals surface area contributed by atoms with Crippen LogP contribution in [0.3, 0.4) is 0 Å². The maximum atomic E-state index is 10.2. The maximum absolute atomic E-state index is 10.2. The number of rotatable bonds is 7. The van der Waals surface area contributed by atoms with Crippen LogP contribution < -0.4 is 4.90 Å². The molecule has 3 aromatic carbocycles. The van der Waals surface area contributed by atoms with Gasteiger partial charge in [-0.2, -0.15) is 5.10 Å². The second-order valence-corrected chi connectivity index (χ2v) is 8.51. The minimum Gasteiger partial charge on any atom is -0.492 e. The Labute approximate surface area is 212 Å². The monoisotopic (exact) mass is 497 g/mol. The number of hydrogen-bond acceptors (Lipinski definition) is 4. The summed E-state index contributed by atoms with van der Waals surface area (Å²) in [6, 6.07) is 28.5. The van der Waals surface area contributed by atoms with Gasteiger partial charge in [0.05, 0.1) is 11.6 Å². The molecule has 1 aliphatic rings. The van der Waals surface area contributed by atoms with E-state index in [1.807, 2.05) is 24.3 Å². The first-order valence-electron chi connectivity index (χ1n) is 11.1. The van der Waals surface area contributed by atoms with Crippen LogP contribution in [0.2, 0.25) is 0 Å². The molecule has 1 aliphatic heterocycles. The Kier molecular flexibility index (Phi) is 8.44. The van der Waals surface area contributed by atoms with E-state index in [9.17, 15) is 5.11 Å². The maximum Gasteiger partial charge on any atom is 0.238 e. The Morgan fingerprint density at radius 2 is 1.56 bits per heavy atom. The van der Waals surface area contributed by atoms with Gasteiger partial charge in [0.2, 0.25) is 5.90 Å². The number of likely N-dealkylation sites (N-methyl/N-ethyl adjacent to an activating group) is 1. The van der Waals surface area contributed by atoms with Crippen molar-refractivity contribution in [2.45, 2.75) is 11.8 Å². The Bertz CT molecular complexity index is 1180. The van der Waals surface area contributed by atoms with Gasteiger partial charge in [-0.1, -0.05) is 66.7 Å². The van der Waals surface area contributed by atoms with Crippen LogP contribution in [0.15, 0.2) is 107 Å². The van der Waals surface area contributed by atoms with Crippen LogP contribution in [-0.2, 0) is 22.2 Å². The van der Waals surface area contributed by atoms with E-state index >= 15 is 0 Å². The molecule has 1 heterocycles. The average molecular weight is 498 g/mol. The standard InChI is InChI=1S/C28H30N4O.Co/c1-31(2)21-19-28(23-14-8-5-9-15-23)24-16-10-11-17-25(24)32(3)26(28)18-20-29-30-27(33)22-12-6-4-7-13-22;/h4-18,20H,19,21H2,1-3H3,(H,30,33);/b26-18-,29-20+;. The fraction of sp³-hybridized carbons (Fsp3) is 0.214. The molecule has 1 radical (unpaired) electrons. The Morgan fingerprint density at radius 3 is 2.24 bits per heavy atom. The van der Waals surface area contributed by atoms with E-state index in [0.29, 0.717) is 5.56 Å². The molecule has 1 unspecified atom stereocenters. The van der Waals surface area contributed by atoms with Gasteiger partial charge in [-0.15, -0.1) is 5.10 Å². The topological polar surface area (TPSA) is 51.4 Å². The van der Waals surface area contributed by atoms with E-state index < -0.39 is 0 Å². The Balaban J connectivity index is 0.00000324. The molecule has 6 heteroatoms. The van der Waals surface area contributed by atoms with Gasteiger partial charge < -0.3 is 14.9 Å². The number of anilines is 1. The first-order chi connectivity index (χ1) is 16.0. The van der Waals surface area contributed by atoms with Crippen molar-refractivity contribution in [1.82, 2.24) is 4.90 Å². The molecular formula is C28H30CoN4O. The zero-order valence-corrected chi connectivity index (χ0v) is 20.8. The van der Waals surface area contributed by atoms with Crippen molar-refractivity contribution in [3.05, 3.63) is 113 Å². The average Bonchev–Trinajstić information content (AvgIpc) is 3.10. The summed E-state index contributed by atoms with van der Waals surface area (Å²) in [5, 5.41) is 18.4. The number of allylic oxidation sites excluding steroid dienone is 2. The summed E-state index contributed by atoms with van der Waals surface area (Å²) in [5.41, 5.74) is 5.19. The van der Waals surface area contributed by atoms with Crippen LogP contribution in [0.1, 0.15) is 23.1 Å². The quantitative estimate of drug-likeness (QED) is 0.276. The smallest absolute Gasteiger partial charge is 0.238 e. The minimum absolute atomic E-state index is 0. The van der Waals surface area contributed by atoms with Crippen molar-refractivity contribution in [2.24, 2.45) is 10.2 Å². The molecule has 0 spiro atoms. The second-order valence-electron chi connectivity index (χ2n) is 8.51. The van der Waals surface area contributed by atoms with Crippen LogP contribution in [0, 0.1) is 0 Å². The number of aliphatic hydroxyl groups excluding tert-OH is 1. The molecule has 1 atom stereocenters. The molecule has 0 aromatic heterocycles. The van der Waals surface area contributed by atoms with Crippen LogP contribution in [0.5, 0.6) is 0 Å². The number of para-hydroxylation sites is 1. The molecule has 0 saturated heterocycles. The number of benzene rings is 3. The SMILES string of the molecule is CN(C)CCC1(c2ccccc2)/C(=C/C=N/N=C(\O)c2ccccc2)N(C)c2ccccc21.[Co]. The molecule has 0 bridgehead atoms. The fourth-order valence-corrected chi connectivity index (χ4v) is 4.60. The molecule has 3 aromatic rings. The van der Waals surface area contributed by atoms with Crippen molar-refractivity contribution < 1.29 is 21.9 Å². The molecule has 0 amide bonds. The zero-order valence-electron chi connectivity index (χ0n) is 19.7. The van der Waals surface area contributed by atoms with Crippen LogP contribution >= 0.6 is 0 Å². The summed E-state index contributed by atoms with van der Waals surface area (Å²) in [6.45, 7) is 0.929. The normalized spacial score (nSPS) is 19.0. The van der Waals surface area contributed by atoms with Gasteiger partial charge in [-0.3, -0.25) is 0 Å². The summed E-state index contributed by atoms with van der Waals surface area (Å²) in [5.74, 6) is -0.102. The van der Waals surface area contributed by atoms with E-state index in [1.165, 1.54) is 16.8 Å². The van der Waals surface area contributed by atoms with Crippen molar-refractivity contribution in [2.75, 3.05) is 32.6 Å². The largest absolute Gasteiger partial charge is 0.492 e. The number of hydrogen-bond donors (Lipinski definition) is 1. The molecule has 0 fully saturated rings. The van der Waals surface area contributed by atoms with Gasteiger partial charge in [-0.05, 0) is 62.5 Å².